The van der Waals surface area contributed by atoms with Gasteiger partial charge in [0.05, 0.1) is 18.5 Å². The Morgan fingerprint density at radius 3 is 2.60 bits per heavy atom. The van der Waals surface area contributed by atoms with E-state index >= 15 is 0 Å². The Labute approximate surface area is 178 Å². The second-order valence-corrected chi connectivity index (χ2v) is 8.55. The van der Waals surface area contributed by atoms with Crippen LogP contribution in [0.1, 0.15) is 58.1 Å². The van der Waals surface area contributed by atoms with Crippen molar-refractivity contribution >= 4 is 0 Å². The predicted octanol–water partition coefficient (Wildman–Crippen LogP) is 5.21. The van der Waals surface area contributed by atoms with E-state index in [1.807, 2.05) is 20.9 Å². The molecular formula is C23H35F2N3O2. The number of nitrogens with zero attached hydrogens (tertiary/aromatic N) is 2. The van der Waals surface area contributed by atoms with Gasteiger partial charge in [0.15, 0.2) is 0 Å². The zero-order chi connectivity index (χ0) is 22.3. The number of rotatable bonds is 12. The van der Waals surface area contributed by atoms with Gasteiger partial charge in [-0.1, -0.05) is 27.2 Å². The van der Waals surface area contributed by atoms with Crippen molar-refractivity contribution in [3.05, 3.63) is 35.5 Å². The van der Waals surface area contributed by atoms with Crippen LogP contribution < -0.4 is 4.74 Å². The average molecular weight is 424 g/mol. The molecule has 30 heavy (non-hydrogen) atoms. The first-order valence-electron chi connectivity index (χ1n) is 10.7. The minimum Gasteiger partial charge on any atom is -0.488 e. The Bertz CT molecular complexity index is 787. The molecule has 2 rings (SSSR count). The van der Waals surface area contributed by atoms with Gasteiger partial charge in [-0.3, -0.25) is 5.10 Å². The normalized spacial score (nSPS) is 13.3. The number of hydrogen-bond donors (Lipinski definition) is 2. The molecule has 7 heteroatoms. The van der Waals surface area contributed by atoms with Crippen LogP contribution in [0.25, 0.3) is 11.3 Å². The highest BCUT2D eigenvalue weighted by atomic mass is 19.3. The maximum atomic E-state index is 14.2. The summed E-state index contributed by atoms with van der Waals surface area (Å²) in [6.07, 6.45) is 4.14. The summed E-state index contributed by atoms with van der Waals surface area (Å²) < 4.78 is 34.3. The van der Waals surface area contributed by atoms with Crippen molar-refractivity contribution in [1.29, 1.82) is 0 Å². The van der Waals surface area contributed by atoms with E-state index in [0.29, 0.717) is 35.9 Å². The van der Waals surface area contributed by atoms with Crippen molar-refractivity contribution in [3.63, 3.8) is 0 Å². The first-order valence-corrected chi connectivity index (χ1v) is 10.7. The third-order valence-electron chi connectivity index (χ3n) is 4.99. The Kier molecular flexibility index (Phi) is 8.79. The molecule has 0 spiro atoms. The fourth-order valence-electron chi connectivity index (χ4n) is 3.42. The van der Waals surface area contributed by atoms with Gasteiger partial charge in [0.25, 0.3) is 5.92 Å². The molecule has 5 nitrogen and oxygen atoms in total. The number of aliphatic hydroxyl groups is 1. The quantitative estimate of drug-likeness (QED) is 0.492. The van der Waals surface area contributed by atoms with Crippen molar-refractivity contribution in [3.8, 4) is 17.0 Å². The maximum absolute atomic E-state index is 14.2. The molecular weight excluding hydrogens is 388 g/mol. The van der Waals surface area contributed by atoms with E-state index in [1.165, 1.54) is 12.1 Å². The van der Waals surface area contributed by atoms with Crippen molar-refractivity contribution < 1.29 is 18.6 Å². The van der Waals surface area contributed by atoms with Crippen molar-refractivity contribution in [1.82, 2.24) is 15.1 Å². The number of benzene rings is 1. The highest BCUT2D eigenvalue weighted by molar-refractivity contribution is 5.66. The van der Waals surface area contributed by atoms with Crippen LogP contribution in [0.3, 0.4) is 0 Å². The third-order valence-corrected chi connectivity index (χ3v) is 4.99. The van der Waals surface area contributed by atoms with Gasteiger partial charge in [-0.2, -0.15) is 5.10 Å². The van der Waals surface area contributed by atoms with E-state index in [9.17, 15) is 13.9 Å². The van der Waals surface area contributed by atoms with Crippen LogP contribution in [0.2, 0.25) is 0 Å². The largest absolute Gasteiger partial charge is 0.488 e. The second-order valence-electron chi connectivity index (χ2n) is 8.55. The van der Waals surface area contributed by atoms with Gasteiger partial charge in [-0.05, 0) is 50.6 Å². The van der Waals surface area contributed by atoms with Gasteiger partial charge in [0.2, 0.25) is 0 Å². The van der Waals surface area contributed by atoms with Crippen LogP contribution in [-0.4, -0.2) is 46.5 Å². The molecule has 1 unspecified atom stereocenters. The molecule has 0 radical (unpaired) electrons. The first kappa shape index (κ1) is 24.3. The van der Waals surface area contributed by atoms with E-state index in [-0.39, 0.29) is 12.2 Å². The van der Waals surface area contributed by atoms with E-state index < -0.39 is 12.0 Å². The van der Waals surface area contributed by atoms with E-state index in [0.717, 1.165) is 31.9 Å². The molecule has 1 aromatic heterocycles. The number of nitrogens with one attached hydrogen (secondary N) is 1. The van der Waals surface area contributed by atoms with Gasteiger partial charge in [-0.25, -0.2) is 8.78 Å². The number of ether oxygens (including phenoxy) is 1. The molecule has 0 aliphatic heterocycles. The number of aromatic amines is 1. The lowest BCUT2D eigenvalue weighted by atomic mass is 10.0. The standard InChI is InChI=1S/C23H35F2N3O2/c1-6-7-8-28(5)14-18-13-26-27-22(18)17-10-19(23(4,24)25)12-20(11-17)30-21(15-29)9-16(2)3/h10-13,16,21,29H,6-9,14-15H2,1-5H3,(H,26,27). The molecule has 0 bridgehead atoms. The van der Waals surface area contributed by atoms with Crippen LogP contribution in [0, 0.1) is 5.92 Å². The van der Waals surface area contributed by atoms with Crippen molar-refractivity contribution in [2.24, 2.45) is 5.92 Å². The van der Waals surface area contributed by atoms with Gasteiger partial charge >= 0.3 is 0 Å². The highest BCUT2D eigenvalue weighted by Gasteiger charge is 2.27. The lowest BCUT2D eigenvalue weighted by Gasteiger charge is -2.21. The average Bonchev–Trinajstić information content (AvgIpc) is 3.12. The van der Waals surface area contributed by atoms with Crippen LogP contribution >= 0.6 is 0 Å². The fraction of sp³-hybridized carbons (Fsp3) is 0.609. The molecule has 0 fully saturated rings. The van der Waals surface area contributed by atoms with Gasteiger partial charge in [-0.15, -0.1) is 0 Å². The zero-order valence-corrected chi connectivity index (χ0v) is 18.7. The van der Waals surface area contributed by atoms with Crippen LogP contribution in [0.4, 0.5) is 8.78 Å². The summed E-state index contributed by atoms with van der Waals surface area (Å²) in [4.78, 5) is 2.19. The Balaban J connectivity index is 2.37. The number of aromatic nitrogens is 2. The number of halogens is 2. The van der Waals surface area contributed by atoms with E-state index in [4.69, 9.17) is 4.74 Å². The molecule has 0 saturated carbocycles. The maximum Gasteiger partial charge on any atom is 0.270 e. The van der Waals surface area contributed by atoms with Gasteiger partial charge in [0, 0.05) is 30.2 Å². The fourth-order valence-corrected chi connectivity index (χ4v) is 3.42. The van der Waals surface area contributed by atoms with Gasteiger partial charge < -0.3 is 14.7 Å². The Morgan fingerprint density at radius 1 is 1.27 bits per heavy atom. The molecule has 1 atom stereocenters. The second kappa shape index (κ2) is 10.9. The smallest absolute Gasteiger partial charge is 0.270 e. The molecule has 1 aromatic carbocycles. The van der Waals surface area contributed by atoms with E-state index in [1.54, 1.807) is 12.3 Å². The van der Waals surface area contributed by atoms with Crippen LogP contribution in [-0.2, 0) is 12.5 Å². The third kappa shape index (κ3) is 7.06. The van der Waals surface area contributed by atoms with Crippen LogP contribution in [0.15, 0.2) is 24.4 Å². The SMILES string of the molecule is CCCCN(C)Cc1cn[nH]c1-c1cc(OC(CO)CC(C)C)cc(C(C)(F)F)c1. The molecule has 0 aliphatic rings. The lowest BCUT2D eigenvalue weighted by Crippen LogP contribution is -2.23. The summed E-state index contributed by atoms with van der Waals surface area (Å²) in [5, 5.41) is 16.8. The van der Waals surface area contributed by atoms with Gasteiger partial charge in [0.1, 0.15) is 11.9 Å². The molecule has 0 saturated heterocycles. The molecule has 1 heterocycles. The summed E-state index contributed by atoms with van der Waals surface area (Å²) in [5.74, 6) is -2.38. The predicted molar refractivity (Wildman–Crippen MR) is 116 cm³/mol. The van der Waals surface area contributed by atoms with Crippen molar-refractivity contribution in [2.45, 2.75) is 65.5 Å². The highest BCUT2D eigenvalue weighted by Crippen LogP contribution is 2.35. The molecule has 0 amide bonds. The molecule has 2 aromatic rings. The number of hydrogen-bond acceptors (Lipinski definition) is 4. The summed E-state index contributed by atoms with van der Waals surface area (Å²) in [7, 11) is 2.04. The Morgan fingerprint density at radius 2 is 2.00 bits per heavy atom. The first-order chi connectivity index (χ1) is 14.1. The molecule has 0 aliphatic carbocycles. The minimum atomic E-state index is -3.01. The van der Waals surface area contributed by atoms with Crippen molar-refractivity contribution in [2.75, 3.05) is 20.2 Å². The number of aliphatic hydroxyl groups excluding tert-OH is 1. The summed E-state index contributed by atoms with van der Waals surface area (Å²) >= 11 is 0. The monoisotopic (exact) mass is 423 g/mol. The summed E-state index contributed by atoms with van der Waals surface area (Å²) in [5.41, 5.74) is 2.12. The minimum absolute atomic E-state index is 0.129. The topological polar surface area (TPSA) is 61.4 Å². The number of unbranched alkanes of at least 4 members (excludes halogenated alkanes) is 1. The lowest BCUT2D eigenvalue weighted by molar-refractivity contribution is 0.0169. The zero-order valence-electron chi connectivity index (χ0n) is 18.7. The molecule has 2 N–H and O–H groups in total. The van der Waals surface area contributed by atoms with E-state index in [2.05, 4.69) is 22.0 Å². The number of alkyl halides is 2. The van der Waals surface area contributed by atoms with Crippen LogP contribution in [0.5, 0.6) is 5.75 Å². The number of H-pyrrole nitrogens is 1. The summed E-state index contributed by atoms with van der Waals surface area (Å²) in [6, 6.07) is 4.57. The molecule has 168 valence electrons. The Hall–Kier alpha value is -1.99. The summed E-state index contributed by atoms with van der Waals surface area (Å²) in [6.45, 7) is 8.53.